The molecule has 0 saturated heterocycles. The van der Waals surface area contributed by atoms with E-state index >= 15 is 0 Å². The van der Waals surface area contributed by atoms with Gasteiger partial charge in [0.05, 0.1) is 13.3 Å². The molecule has 0 saturated carbocycles. The number of nitrogens with one attached hydrogen (secondary N) is 1. The lowest BCUT2D eigenvalue weighted by molar-refractivity contribution is 0.0955. The van der Waals surface area contributed by atoms with Crippen LogP contribution >= 0.6 is 15.9 Å². The van der Waals surface area contributed by atoms with Crippen molar-refractivity contribution >= 4 is 28.1 Å². The Labute approximate surface area is 130 Å². The molecule has 0 aliphatic heterocycles. The Morgan fingerprint density at radius 3 is 2.67 bits per heavy atom. The summed E-state index contributed by atoms with van der Waals surface area (Å²) in [7, 11) is 1.56. The molecule has 0 aromatic heterocycles. The third-order valence-electron chi connectivity index (χ3n) is 2.71. The van der Waals surface area contributed by atoms with Crippen LogP contribution in [0.3, 0.4) is 0 Å². The van der Waals surface area contributed by atoms with Crippen molar-refractivity contribution in [3.8, 4) is 11.5 Å². The van der Waals surface area contributed by atoms with Gasteiger partial charge in [-0.1, -0.05) is 15.9 Å². The third kappa shape index (κ3) is 4.06. The molecule has 21 heavy (non-hydrogen) atoms. The second-order valence-electron chi connectivity index (χ2n) is 4.13. The first-order valence-corrected chi connectivity index (χ1v) is 6.85. The fourth-order valence-corrected chi connectivity index (χ4v) is 1.97. The van der Waals surface area contributed by atoms with Crippen molar-refractivity contribution in [2.45, 2.75) is 0 Å². The zero-order valence-corrected chi connectivity index (χ0v) is 12.8. The summed E-state index contributed by atoms with van der Waals surface area (Å²) in [6.07, 6.45) is 1.38. The Kier molecular flexibility index (Phi) is 4.94. The number of aromatic hydroxyl groups is 1. The molecule has 2 N–H and O–H groups in total. The molecule has 0 atom stereocenters. The minimum absolute atomic E-state index is 0.0839. The number of rotatable bonds is 4. The summed E-state index contributed by atoms with van der Waals surface area (Å²) in [5, 5.41) is 13.5. The maximum Gasteiger partial charge on any atom is 0.271 e. The predicted octanol–water partition coefficient (Wildman–Crippen LogP) is 2.93. The first kappa shape index (κ1) is 15.1. The Morgan fingerprint density at radius 1 is 1.29 bits per heavy atom. The molecular weight excluding hydrogens is 336 g/mol. The summed E-state index contributed by atoms with van der Waals surface area (Å²) in [6, 6.07) is 11.6. The Balaban J connectivity index is 2.02. The first-order valence-electron chi connectivity index (χ1n) is 6.06. The van der Waals surface area contributed by atoms with Crippen molar-refractivity contribution in [3.63, 3.8) is 0 Å². The van der Waals surface area contributed by atoms with Gasteiger partial charge in [0, 0.05) is 15.6 Å². The average molecular weight is 349 g/mol. The van der Waals surface area contributed by atoms with Gasteiger partial charge in [-0.2, -0.15) is 5.10 Å². The molecule has 0 heterocycles. The lowest BCUT2D eigenvalue weighted by Gasteiger charge is -2.02. The fraction of sp³-hybridized carbons (Fsp3) is 0.0667. The summed E-state index contributed by atoms with van der Waals surface area (Å²) >= 11 is 3.30. The van der Waals surface area contributed by atoms with E-state index in [9.17, 15) is 9.90 Å². The van der Waals surface area contributed by atoms with Crippen LogP contribution in [0.1, 0.15) is 15.9 Å². The van der Waals surface area contributed by atoms with E-state index in [0.717, 1.165) is 4.47 Å². The smallest absolute Gasteiger partial charge is 0.271 e. The summed E-state index contributed by atoms with van der Waals surface area (Å²) in [5.74, 6) is 0.415. The van der Waals surface area contributed by atoms with Crippen LogP contribution in [0, 0.1) is 0 Å². The topological polar surface area (TPSA) is 70.9 Å². The molecule has 5 nitrogen and oxygen atoms in total. The number of benzene rings is 2. The van der Waals surface area contributed by atoms with Gasteiger partial charge in [0.15, 0.2) is 0 Å². The number of nitrogens with zero attached hydrogens (tertiary/aromatic N) is 1. The molecule has 2 aromatic rings. The molecule has 0 aliphatic rings. The lowest BCUT2D eigenvalue weighted by Crippen LogP contribution is -2.17. The average Bonchev–Trinajstić information content (AvgIpc) is 2.50. The molecular formula is C15H13BrN2O3. The monoisotopic (exact) mass is 348 g/mol. The number of hydrogen-bond acceptors (Lipinski definition) is 4. The standard InChI is InChI=1S/C15H13BrN2O3/c1-21-13-5-2-10(3-6-13)15(20)18-17-9-11-8-12(16)4-7-14(11)19/h2-9,19H,1H3,(H,18,20)/b17-9+. The number of methoxy groups -OCH3 is 1. The Hall–Kier alpha value is -2.34. The van der Waals surface area contributed by atoms with E-state index in [4.69, 9.17) is 4.74 Å². The van der Waals surface area contributed by atoms with Crippen molar-refractivity contribution in [1.29, 1.82) is 0 Å². The number of phenolic OH excluding ortho intramolecular Hbond substituents is 1. The molecule has 2 aromatic carbocycles. The highest BCUT2D eigenvalue weighted by atomic mass is 79.9. The van der Waals surface area contributed by atoms with E-state index in [2.05, 4.69) is 26.5 Å². The van der Waals surface area contributed by atoms with Crippen molar-refractivity contribution in [1.82, 2.24) is 5.43 Å². The molecule has 0 unspecified atom stereocenters. The summed E-state index contributed by atoms with van der Waals surface area (Å²) in [6.45, 7) is 0. The van der Waals surface area contributed by atoms with Crippen molar-refractivity contribution in [2.24, 2.45) is 5.10 Å². The molecule has 1 amide bonds. The van der Waals surface area contributed by atoms with Gasteiger partial charge < -0.3 is 9.84 Å². The third-order valence-corrected chi connectivity index (χ3v) is 3.20. The van der Waals surface area contributed by atoms with Crippen molar-refractivity contribution in [3.05, 3.63) is 58.1 Å². The number of hydrogen-bond donors (Lipinski definition) is 2. The summed E-state index contributed by atoms with van der Waals surface area (Å²) in [5.41, 5.74) is 3.36. The molecule has 6 heteroatoms. The highest BCUT2D eigenvalue weighted by Gasteiger charge is 2.04. The molecule has 0 aliphatic carbocycles. The maximum atomic E-state index is 11.8. The zero-order chi connectivity index (χ0) is 15.2. The molecule has 2 rings (SSSR count). The van der Waals surface area contributed by atoms with E-state index in [1.54, 1.807) is 43.5 Å². The van der Waals surface area contributed by atoms with Crippen LogP contribution in [0.25, 0.3) is 0 Å². The Bertz CT molecular complexity index is 669. The van der Waals surface area contributed by atoms with Crippen molar-refractivity contribution < 1.29 is 14.6 Å². The van der Waals surface area contributed by atoms with Crippen LogP contribution < -0.4 is 10.2 Å². The summed E-state index contributed by atoms with van der Waals surface area (Å²) in [4.78, 5) is 11.8. The lowest BCUT2D eigenvalue weighted by atomic mass is 10.2. The van der Waals surface area contributed by atoms with Crippen LogP contribution in [-0.4, -0.2) is 24.3 Å². The normalized spacial score (nSPS) is 10.6. The van der Waals surface area contributed by atoms with Crippen LogP contribution in [0.5, 0.6) is 11.5 Å². The number of amides is 1. The molecule has 0 spiro atoms. The highest BCUT2D eigenvalue weighted by Crippen LogP contribution is 2.19. The largest absolute Gasteiger partial charge is 0.507 e. The number of halogens is 1. The Morgan fingerprint density at radius 2 is 2.00 bits per heavy atom. The van der Waals surface area contributed by atoms with Crippen LogP contribution in [-0.2, 0) is 0 Å². The van der Waals surface area contributed by atoms with Crippen LogP contribution in [0.4, 0.5) is 0 Å². The number of phenols is 1. The van der Waals surface area contributed by atoms with Gasteiger partial charge in [0.2, 0.25) is 0 Å². The quantitative estimate of drug-likeness (QED) is 0.659. The fourth-order valence-electron chi connectivity index (χ4n) is 1.60. The maximum absolute atomic E-state index is 11.8. The molecule has 108 valence electrons. The molecule has 0 bridgehead atoms. The first-order chi connectivity index (χ1) is 10.1. The van der Waals surface area contributed by atoms with E-state index in [-0.39, 0.29) is 11.7 Å². The second-order valence-corrected chi connectivity index (χ2v) is 5.05. The van der Waals surface area contributed by atoms with Gasteiger partial charge in [-0.25, -0.2) is 5.43 Å². The van der Waals surface area contributed by atoms with Crippen LogP contribution in [0.2, 0.25) is 0 Å². The second kappa shape index (κ2) is 6.90. The minimum Gasteiger partial charge on any atom is -0.507 e. The minimum atomic E-state index is -0.344. The number of hydrazone groups is 1. The van der Waals surface area contributed by atoms with E-state index in [1.807, 2.05) is 0 Å². The molecule has 0 radical (unpaired) electrons. The van der Waals surface area contributed by atoms with Gasteiger partial charge in [-0.3, -0.25) is 4.79 Å². The number of carbonyl (C=O) groups is 1. The van der Waals surface area contributed by atoms with E-state index in [0.29, 0.717) is 16.9 Å². The number of ether oxygens (including phenoxy) is 1. The highest BCUT2D eigenvalue weighted by molar-refractivity contribution is 9.10. The van der Waals surface area contributed by atoms with Crippen LogP contribution in [0.15, 0.2) is 52.0 Å². The summed E-state index contributed by atoms with van der Waals surface area (Å²) < 4.78 is 5.83. The van der Waals surface area contributed by atoms with Gasteiger partial charge in [0.25, 0.3) is 5.91 Å². The molecule has 0 fully saturated rings. The van der Waals surface area contributed by atoms with Gasteiger partial charge in [-0.15, -0.1) is 0 Å². The predicted molar refractivity (Wildman–Crippen MR) is 83.9 cm³/mol. The zero-order valence-electron chi connectivity index (χ0n) is 11.2. The van der Waals surface area contributed by atoms with Gasteiger partial charge >= 0.3 is 0 Å². The van der Waals surface area contributed by atoms with Crippen molar-refractivity contribution in [2.75, 3.05) is 7.11 Å². The SMILES string of the molecule is COc1ccc(C(=O)N/N=C/c2cc(Br)ccc2O)cc1. The van der Waals surface area contributed by atoms with E-state index < -0.39 is 0 Å². The van der Waals surface area contributed by atoms with Gasteiger partial charge in [0.1, 0.15) is 11.5 Å². The van der Waals surface area contributed by atoms with Gasteiger partial charge in [-0.05, 0) is 42.5 Å². The van der Waals surface area contributed by atoms with E-state index in [1.165, 1.54) is 12.3 Å². The number of carbonyl (C=O) groups excluding carboxylic acids is 1.